The third-order valence-corrected chi connectivity index (χ3v) is 3.44. The summed E-state index contributed by atoms with van der Waals surface area (Å²) in [5.41, 5.74) is 2.43. The van der Waals surface area contributed by atoms with Gasteiger partial charge in [-0.05, 0) is 6.92 Å². The molecule has 0 bridgehead atoms. The van der Waals surface area contributed by atoms with E-state index < -0.39 is 0 Å². The molecule has 98 valence electrons. The number of hydrogen-bond donors (Lipinski definition) is 3. The van der Waals surface area contributed by atoms with Gasteiger partial charge in [0.25, 0.3) is 0 Å². The maximum atomic E-state index is 4.41. The number of thiazole rings is 1. The van der Waals surface area contributed by atoms with Crippen LogP contribution in [0.4, 0.5) is 11.8 Å². The molecular weight excluding hydrogens is 262 g/mol. The first kappa shape index (κ1) is 11.8. The van der Waals surface area contributed by atoms with Crippen molar-refractivity contribution in [3.05, 3.63) is 22.4 Å². The van der Waals surface area contributed by atoms with Crippen molar-refractivity contribution in [1.29, 1.82) is 0 Å². The summed E-state index contributed by atoms with van der Waals surface area (Å²) >= 11 is 1.64. The fourth-order valence-electron chi connectivity index (χ4n) is 1.74. The lowest BCUT2D eigenvalue weighted by Gasteiger charge is -2.06. The van der Waals surface area contributed by atoms with Crippen LogP contribution in [0.1, 0.15) is 10.7 Å². The summed E-state index contributed by atoms with van der Waals surface area (Å²) in [6, 6.07) is 0. The molecule has 0 aliphatic rings. The molecule has 3 heterocycles. The standard InChI is InChI=1S/C11H13N7S/c1-6-16-7(4-19-6)3-13-9-8-10(15-5-14-8)18-11(12-2)17-9/h4-5H,3H2,1-2H3,(H3,12,13,14,15,17,18). The zero-order valence-corrected chi connectivity index (χ0v) is 11.4. The van der Waals surface area contributed by atoms with Crippen LogP contribution in [0.3, 0.4) is 0 Å². The Morgan fingerprint density at radius 1 is 1.32 bits per heavy atom. The molecule has 0 spiro atoms. The van der Waals surface area contributed by atoms with Gasteiger partial charge in [-0.15, -0.1) is 11.3 Å². The van der Waals surface area contributed by atoms with E-state index in [4.69, 9.17) is 0 Å². The van der Waals surface area contributed by atoms with Gasteiger partial charge in [-0.25, -0.2) is 9.97 Å². The van der Waals surface area contributed by atoms with Gasteiger partial charge in [-0.1, -0.05) is 0 Å². The molecule has 0 atom stereocenters. The Morgan fingerprint density at radius 2 is 2.21 bits per heavy atom. The van der Waals surface area contributed by atoms with Crippen molar-refractivity contribution in [3.8, 4) is 0 Å². The smallest absolute Gasteiger partial charge is 0.226 e. The van der Waals surface area contributed by atoms with E-state index >= 15 is 0 Å². The van der Waals surface area contributed by atoms with Crippen LogP contribution >= 0.6 is 11.3 Å². The van der Waals surface area contributed by atoms with Crippen molar-refractivity contribution in [2.75, 3.05) is 17.7 Å². The largest absolute Gasteiger partial charge is 0.362 e. The van der Waals surface area contributed by atoms with Crippen molar-refractivity contribution in [3.63, 3.8) is 0 Å². The fourth-order valence-corrected chi connectivity index (χ4v) is 2.35. The average molecular weight is 275 g/mol. The van der Waals surface area contributed by atoms with Gasteiger partial charge in [0.05, 0.1) is 23.6 Å². The molecule has 3 aromatic heterocycles. The fraction of sp³-hybridized carbons (Fsp3) is 0.273. The van der Waals surface area contributed by atoms with E-state index in [2.05, 4.69) is 35.6 Å². The third-order valence-electron chi connectivity index (χ3n) is 2.61. The lowest BCUT2D eigenvalue weighted by Crippen LogP contribution is -2.05. The first-order valence-electron chi connectivity index (χ1n) is 5.80. The van der Waals surface area contributed by atoms with E-state index in [1.165, 1.54) is 0 Å². The van der Waals surface area contributed by atoms with Gasteiger partial charge in [0.2, 0.25) is 5.95 Å². The van der Waals surface area contributed by atoms with Gasteiger partial charge in [0, 0.05) is 12.4 Å². The zero-order chi connectivity index (χ0) is 13.2. The molecule has 0 fully saturated rings. The number of fused-ring (bicyclic) bond motifs is 1. The highest BCUT2D eigenvalue weighted by Crippen LogP contribution is 2.19. The summed E-state index contributed by atoms with van der Waals surface area (Å²) in [7, 11) is 1.78. The Morgan fingerprint density at radius 3 is 2.95 bits per heavy atom. The Bertz CT molecular complexity index is 702. The summed E-state index contributed by atoms with van der Waals surface area (Å²) in [4.78, 5) is 20.2. The monoisotopic (exact) mass is 275 g/mol. The second-order valence-electron chi connectivity index (χ2n) is 3.96. The summed E-state index contributed by atoms with van der Waals surface area (Å²) in [5.74, 6) is 1.26. The summed E-state index contributed by atoms with van der Waals surface area (Å²) in [6.45, 7) is 2.61. The number of imidazole rings is 1. The molecule has 8 heteroatoms. The molecule has 3 aromatic rings. The average Bonchev–Trinajstić information content (AvgIpc) is 3.04. The number of aryl methyl sites for hydroxylation is 1. The highest BCUT2D eigenvalue weighted by molar-refractivity contribution is 7.09. The summed E-state index contributed by atoms with van der Waals surface area (Å²) in [5, 5.41) is 9.27. The first-order chi connectivity index (χ1) is 9.26. The number of aromatic nitrogens is 5. The molecule has 7 nitrogen and oxygen atoms in total. The van der Waals surface area contributed by atoms with E-state index in [-0.39, 0.29) is 0 Å². The lowest BCUT2D eigenvalue weighted by molar-refractivity contribution is 1.03. The van der Waals surface area contributed by atoms with Crippen LogP contribution in [0.15, 0.2) is 11.7 Å². The van der Waals surface area contributed by atoms with E-state index in [1.54, 1.807) is 24.7 Å². The van der Waals surface area contributed by atoms with Crippen LogP contribution in [0.25, 0.3) is 11.2 Å². The van der Waals surface area contributed by atoms with Crippen molar-refractivity contribution in [2.24, 2.45) is 0 Å². The van der Waals surface area contributed by atoms with Crippen LogP contribution in [0.5, 0.6) is 0 Å². The molecule has 0 unspecified atom stereocenters. The number of H-pyrrole nitrogens is 1. The molecule has 0 radical (unpaired) electrons. The molecule has 3 rings (SSSR count). The number of aromatic amines is 1. The maximum Gasteiger partial charge on any atom is 0.226 e. The SMILES string of the molecule is CNc1nc(NCc2csc(C)n2)c2[nH]cnc2n1. The van der Waals surface area contributed by atoms with Crippen LogP contribution in [-0.4, -0.2) is 32.0 Å². The Labute approximate surface area is 113 Å². The van der Waals surface area contributed by atoms with Crippen LogP contribution in [-0.2, 0) is 6.54 Å². The van der Waals surface area contributed by atoms with Crippen molar-refractivity contribution >= 4 is 34.3 Å². The predicted octanol–water partition coefficient (Wildman–Crippen LogP) is 1.77. The minimum Gasteiger partial charge on any atom is -0.362 e. The quantitative estimate of drug-likeness (QED) is 0.672. The van der Waals surface area contributed by atoms with Gasteiger partial charge in [-0.2, -0.15) is 9.97 Å². The van der Waals surface area contributed by atoms with Crippen molar-refractivity contribution in [1.82, 2.24) is 24.9 Å². The normalized spacial score (nSPS) is 10.8. The number of rotatable bonds is 4. The van der Waals surface area contributed by atoms with Gasteiger partial charge >= 0.3 is 0 Å². The van der Waals surface area contributed by atoms with Crippen molar-refractivity contribution in [2.45, 2.75) is 13.5 Å². The Hall–Kier alpha value is -2.22. The molecule has 0 saturated carbocycles. The number of anilines is 2. The topological polar surface area (TPSA) is 91.4 Å². The maximum absolute atomic E-state index is 4.41. The second kappa shape index (κ2) is 4.81. The van der Waals surface area contributed by atoms with E-state index in [9.17, 15) is 0 Å². The molecule has 3 N–H and O–H groups in total. The predicted molar refractivity (Wildman–Crippen MR) is 75.4 cm³/mol. The minimum atomic E-state index is 0.538. The Kier molecular flexibility index (Phi) is 3.00. The minimum absolute atomic E-state index is 0.538. The molecule has 0 aliphatic carbocycles. The van der Waals surface area contributed by atoms with E-state index in [1.807, 2.05) is 12.3 Å². The van der Waals surface area contributed by atoms with Crippen LogP contribution in [0, 0.1) is 6.92 Å². The molecule has 19 heavy (non-hydrogen) atoms. The highest BCUT2D eigenvalue weighted by Gasteiger charge is 2.09. The van der Waals surface area contributed by atoms with Gasteiger partial charge < -0.3 is 15.6 Å². The number of nitrogens with zero attached hydrogens (tertiary/aromatic N) is 4. The molecule has 0 amide bonds. The second-order valence-corrected chi connectivity index (χ2v) is 5.02. The van der Waals surface area contributed by atoms with Gasteiger partial charge in [-0.3, -0.25) is 0 Å². The van der Waals surface area contributed by atoms with Gasteiger partial charge in [0.1, 0.15) is 5.52 Å². The van der Waals surface area contributed by atoms with Crippen LogP contribution in [0.2, 0.25) is 0 Å². The van der Waals surface area contributed by atoms with Crippen molar-refractivity contribution < 1.29 is 0 Å². The number of nitrogens with one attached hydrogen (secondary N) is 3. The Balaban J connectivity index is 1.88. The third kappa shape index (κ3) is 2.34. The highest BCUT2D eigenvalue weighted by atomic mass is 32.1. The molecule has 0 aliphatic heterocycles. The number of hydrogen-bond acceptors (Lipinski definition) is 7. The lowest BCUT2D eigenvalue weighted by atomic mass is 10.4. The molecular formula is C11H13N7S. The summed E-state index contributed by atoms with van der Waals surface area (Å²) in [6.07, 6.45) is 1.61. The molecule has 0 saturated heterocycles. The van der Waals surface area contributed by atoms with Crippen LogP contribution < -0.4 is 10.6 Å². The van der Waals surface area contributed by atoms with E-state index in [0.29, 0.717) is 18.1 Å². The zero-order valence-electron chi connectivity index (χ0n) is 10.6. The first-order valence-corrected chi connectivity index (χ1v) is 6.68. The van der Waals surface area contributed by atoms with Gasteiger partial charge in [0.15, 0.2) is 11.5 Å². The molecule has 0 aromatic carbocycles. The van der Waals surface area contributed by atoms with E-state index in [0.717, 1.165) is 22.0 Å². The summed E-state index contributed by atoms with van der Waals surface area (Å²) < 4.78 is 0.